The SMILES string of the molecule is Cc1cc(OC(=O)OCc2ccccc2)ccc1[S+](C)C. The molecule has 110 valence electrons. The third kappa shape index (κ3) is 4.53. The quantitative estimate of drug-likeness (QED) is 0.487. The first-order chi connectivity index (χ1) is 10.1. The van der Waals surface area contributed by atoms with Crippen LogP contribution in [0.25, 0.3) is 0 Å². The van der Waals surface area contributed by atoms with Crippen molar-refractivity contribution in [2.75, 3.05) is 12.5 Å². The lowest BCUT2D eigenvalue weighted by atomic mass is 10.2. The topological polar surface area (TPSA) is 35.5 Å². The summed E-state index contributed by atoms with van der Waals surface area (Å²) in [6.07, 6.45) is 3.64. The van der Waals surface area contributed by atoms with Gasteiger partial charge in [0.1, 0.15) is 24.9 Å². The average molecular weight is 303 g/mol. The summed E-state index contributed by atoms with van der Waals surface area (Å²) in [4.78, 5) is 13.0. The predicted molar refractivity (Wildman–Crippen MR) is 85.9 cm³/mol. The van der Waals surface area contributed by atoms with E-state index < -0.39 is 6.16 Å². The summed E-state index contributed by atoms with van der Waals surface area (Å²) in [5, 5.41) is 0. The molecule has 3 nitrogen and oxygen atoms in total. The Hall–Kier alpha value is -1.94. The molecule has 0 radical (unpaired) electrons. The lowest BCUT2D eigenvalue weighted by Crippen LogP contribution is -2.11. The standard InChI is InChI=1S/C17H19O3S/c1-13-11-15(9-10-16(13)21(2)3)20-17(18)19-12-14-7-5-4-6-8-14/h4-11H,12H2,1-3H3/q+1. The van der Waals surface area contributed by atoms with Crippen molar-refractivity contribution in [3.63, 3.8) is 0 Å². The van der Waals surface area contributed by atoms with Gasteiger partial charge in [0.25, 0.3) is 0 Å². The molecule has 0 bridgehead atoms. The van der Waals surface area contributed by atoms with Crippen LogP contribution in [0.5, 0.6) is 5.75 Å². The first-order valence-corrected chi connectivity index (χ1v) is 8.67. The number of rotatable bonds is 4. The number of carbonyl (C=O) groups is 1. The Morgan fingerprint density at radius 1 is 1.10 bits per heavy atom. The second-order valence-electron chi connectivity index (χ2n) is 4.87. The molecule has 0 fully saturated rings. The molecular formula is C17H19O3S+. The molecule has 0 unspecified atom stereocenters. The van der Waals surface area contributed by atoms with Gasteiger partial charge in [-0.2, -0.15) is 0 Å². The molecule has 0 aromatic heterocycles. The molecule has 0 saturated carbocycles. The van der Waals surface area contributed by atoms with E-state index in [4.69, 9.17) is 9.47 Å². The fourth-order valence-corrected chi connectivity index (χ4v) is 3.03. The van der Waals surface area contributed by atoms with Crippen LogP contribution in [0.2, 0.25) is 0 Å². The maximum absolute atomic E-state index is 11.7. The fourth-order valence-electron chi connectivity index (χ4n) is 1.99. The van der Waals surface area contributed by atoms with Crippen molar-refractivity contribution in [3.05, 3.63) is 59.7 Å². The highest BCUT2D eigenvalue weighted by atomic mass is 32.2. The molecule has 2 aromatic carbocycles. The maximum atomic E-state index is 11.7. The van der Waals surface area contributed by atoms with E-state index in [0.29, 0.717) is 5.75 Å². The van der Waals surface area contributed by atoms with Gasteiger partial charge in [-0.25, -0.2) is 4.79 Å². The third-order valence-electron chi connectivity index (χ3n) is 2.99. The lowest BCUT2D eigenvalue weighted by Gasteiger charge is -2.08. The highest BCUT2D eigenvalue weighted by Gasteiger charge is 2.14. The number of hydrogen-bond acceptors (Lipinski definition) is 3. The monoisotopic (exact) mass is 303 g/mol. The van der Waals surface area contributed by atoms with E-state index in [9.17, 15) is 4.79 Å². The Bertz CT molecular complexity index is 609. The van der Waals surface area contributed by atoms with Gasteiger partial charge in [0, 0.05) is 16.5 Å². The Labute approximate surface area is 128 Å². The molecule has 0 heterocycles. The summed E-state index contributed by atoms with van der Waals surface area (Å²) in [6.45, 7) is 2.23. The molecule has 2 rings (SSSR count). The molecule has 4 heteroatoms. The minimum Gasteiger partial charge on any atom is -0.429 e. The molecule has 0 N–H and O–H groups in total. The van der Waals surface area contributed by atoms with Gasteiger partial charge in [-0.1, -0.05) is 30.3 Å². The van der Waals surface area contributed by atoms with E-state index >= 15 is 0 Å². The molecule has 0 saturated heterocycles. The Balaban J connectivity index is 1.92. The van der Waals surface area contributed by atoms with Crippen molar-refractivity contribution in [2.24, 2.45) is 0 Å². The number of ether oxygens (including phenoxy) is 2. The average Bonchev–Trinajstić information content (AvgIpc) is 2.46. The van der Waals surface area contributed by atoms with Crippen LogP contribution in [0.15, 0.2) is 53.4 Å². The second-order valence-corrected chi connectivity index (χ2v) is 6.94. The van der Waals surface area contributed by atoms with Crippen LogP contribution in [0.3, 0.4) is 0 Å². The smallest absolute Gasteiger partial charge is 0.429 e. The van der Waals surface area contributed by atoms with E-state index in [1.54, 1.807) is 6.07 Å². The van der Waals surface area contributed by atoms with Gasteiger partial charge < -0.3 is 9.47 Å². The zero-order valence-electron chi connectivity index (χ0n) is 12.5. The van der Waals surface area contributed by atoms with Gasteiger partial charge in [0.15, 0.2) is 4.90 Å². The van der Waals surface area contributed by atoms with Crippen LogP contribution in [0.4, 0.5) is 4.79 Å². The van der Waals surface area contributed by atoms with E-state index in [1.807, 2.05) is 49.4 Å². The Kier molecular flexibility index (Phi) is 5.28. The molecule has 21 heavy (non-hydrogen) atoms. The minimum atomic E-state index is -0.682. The molecular weight excluding hydrogens is 284 g/mol. The molecule has 0 atom stereocenters. The van der Waals surface area contributed by atoms with Crippen LogP contribution in [0.1, 0.15) is 11.1 Å². The molecule has 0 spiro atoms. The van der Waals surface area contributed by atoms with Crippen LogP contribution in [0, 0.1) is 6.92 Å². The summed E-state index contributed by atoms with van der Waals surface area (Å²) < 4.78 is 10.3. The first-order valence-electron chi connectivity index (χ1n) is 6.63. The zero-order valence-corrected chi connectivity index (χ0v) is 13.3. The third-order valence-corrected chi connectivity index (χ3v) is 4.32. The normalized spacial score (nSPS) is 10.5. The first kappa shape index (κ1) is 15.4. The minimum absolute atomic E-state index is 0.188. The second kappa shape index (κ2) is 7.18. The Morgan fingerprint density at radius 3 is 2.43 bits per heavy atom. The number of aryl methyl sites for hydroxylation is 1. The fraction of sp³-hybridized carbons (Fsp3) is 0.235. The molecule has 0 aliphatic rings. The van der Waals surface area contributed by atoms with Crippen molar-refractivity contribution >= 4 is 17.1 Å². The zero-order chi connectivity index (χ0) is 15.2. The number of hydrogen-bond donors (Lipinski definition) is 0. The maximum Gasteiger partial charge on any atom is 0.514 e. The van der Waals surface area contributed by atoms with Gasteiger partial charge >= 0.3 is 6.16 Å². The number of carbonyl (C=O) groups excluding carboxylic acids is 1. The highest BCUT2D eigenvalue weighted by molar-refractivity contribution is 7.95. The van der Waals surface area contributed by atoms with Gasteiger partial charge in [0.05, 0.1) is 0 Å². The van der Waals surface area contributed by atoms with Gasteiger partial charge in [0.2, 0.25) is 0 Å². The van der Waals surface area contributed by atoms with E-state index in [0.717, 1.165) is 11.1 Å². The van der Waals surface area contributed by atoms with Crippen molar-refractivity contribution in [2.45, 2.75) is 18.4 Å². The van der Waals surface area contributed by atoms with Crippen molar-refractivity contribution in [1.29, 1.82) is 0 Å². The molecule has 0 aliphatic carbocycles. The Morgan fingerprint density at radius 2 is 1.81 bits per heavy atom. The number of benzene rings is 2. The van der Waals surface area contributed by atoms with E-state index in [1.165, 1.54) is 4.90 Å². The summed E-state index contributed by atoms with van der Waals surface area (Å²) in [7, 11) is 0.188. The van der Waals surface area contributed by atoms with E-state index in [-0.39, 0.29) is 17.5 Å². The van der Waals surface area contributed by atoms with Gasteiger partial charge in [-0.3, -0.25) is 0 Å². The highest BCUT2D eigenvalue weighted by Crippen LogP contribution is 2.21. The van der Waals surface area contributed by atoms with Crippen molar-refractivity contribution in [1.82, 2.24) is 0 Å². The van der Waals surface area contributed by atoms with Crippen LogP contribution < -0.4 is 4.74 Å². The van der Waals surface area contributed by atoms with Gasteiger partial charge in [-0.15, -0.1) is 0 Å². The van der Waals surface area contributed by atoms with Crippen LogP contribution in [-0.2, 0) is 22.2 Å². The summed E-state index contributed by atoms with van der Waals surface area (Å²) in [5.74, 6) is 0.514. The molecule has 0 aliphatic heterocycles. The van der Waals surface area contributed by atoms with Crippen LogP contribution in [-0.4, -0.2) is 18.7 Å². The lowest BCUT2D eigenvalue weighted by molar-refractivity contribution is 0.0927. The molecule has 2 aromatic rings. The van der Waals surface area contributed by atoms with E-state index in [2.05, 4.69) is 12.5 Å². The summed E-state index contributed by atoms with van der Waals surface area (Å²) in [5.41, 5.74) is 2.05. The predicted octanol–water partition coefficient (Wildman–Crippen LogP) is 3.95. The summed E-state index contributed by atoms with van der Waals surface area (Å²) in [6, 6.07) is 15.2. The van der Waals surface area contributed by atoms with Crippen LogP contribution >= 0.6 is 0 Å². The van der Waals surface area contributed by atoms with Crippen molar-refractivity contribution in [3.8, 4) is 5.75 Å². The largest absolute Gasteiger partial charge is 0.514 e. The van der Waals surface area contributed by atoms with Gasteiger partial charge in [-0.05, 0) is 30.7 Å². The summed E-state index contributed by atoms with van der Waals surface area (Å²) >= 11 is 0. The molecule has 0 amide bonds. The van der Waals surface area contributed by atoms with Crippen molar-refractivity contribution < 1.29 is 14.3 Å².